The summed E-state index contributed by atoms with van der Waals surface area (Å²) in [6.45, 7) is 5.48. The molecule has 1 saturated carbocycles. The minimum atomic E-state index is -3.39. The van der Waals surface area contributed by atoms with Gasteiger partial charge in [0, 0.05) is 25.8 Å². The number of hydrogen-bond donors (Lipinski definition) is 1. The van der Waals surface area contributed by atoms with E-state index in [-0.39, 0.29) is 24.1 Å². The van der Waals surface area contributed by atoms with Crippen LogP contribution in [-0.4, -0.2) is 66.6 Å². The topological polar surface area (TPSA) is 93.5 Å². The van der Waals surface area contributed by atoms with Crippen LogP contribution in [0, 0.1) is 11.8 Å². The van der Waals surface area contributed by atoms with Crippen molar-refractivity contribution in [2.75, 3.05) is 19.4 Å². The Morgan fingerprint density at radius 1 is 1.27 bits per heavy atom. The molecule has 1 N–H and O–H groups in total. The van der Waals surface area contributed by atoms with Crippen molar-refractivity contribution in [2.24, 2.45) is 18.9 Å². The highest BCUT2D eigenvalue weighted by Gasteiger charge is 2.37. The van der Waals surface area contributed by atoms with Gasteiger partial charge in [-0.2, -0.15) is 5.10 Å². The summed E-state index contributed by atoms with van der Waals surface area (Å²) in [7, 11) is -1.61. The van der Waals surface area contributed by atoms with Crippen molar-refractivity contribution in [3.63, 3.8) is 0 Å². The number of piperidine rings is 1. The van der Waals surface area contributed by atoms with Gasteiger partial charge in [-0.25, -0.2) is 13.1 Å². The zero-order valence-corrected chi connectivity index (χ0v) is 19.4. The zero-order valence-electron chi connectivity index (χ0n) is 18.6. The third-order valence-corrected chi connectivity index (χ3v) is 7.25. The summed E-state index contributed by atoms with van der Waals surface area (Å²) in [6.07, 6.45) is 10.4. The van der Waals surface area contributed by atoms with Crippen molar-refractivity contribution in [3.05, 3.63) is 18.0 Å². The van der Waals surface area contributed by atoms with Gasteiger partial charge >= 0.3 is 0 Å². The zero-order chi connectivity index (χ0) is 21.9. The maximum Gasteiger partial charge on any atom is 0.257 e. The van der Waals surface area contributed by atoms with Gasteiger partial charge in [0.15, 0.2) is 0 Å². The van der Waals surface area contributed by atoms with E-state index in [1.807, 2.05) is 0 Å². The Bertz CT molecular complexity index is 815. The highest BCUT2D eigenvalue weighted by molar-refractivity contribution is 7.88. The quantitative estimate of drug-likeness (QED) is 0.701. The smallest absolute Gasteiger partial charge is 0.257 e. The molecule has 1 amide bonds. The lowest BCUT2D eigenvalue weighted by Crippen LogP contribution is -2.59. The molecule has 0 spiro atoms. The number of aromatic nitrogens is 2. The first-order chi connectivity index (χ1) is 14.1. The minimum Gasteiger partial charge on any atom is -0.376 e. The number of sulfonamides is 1. The largest absolute Gasteiger partial charge is 0.376 e. The van der Waals surface area contributed by atoms with E-state index < -0.39 is 10.0 Å². The second-order valence-electron chi connectivity index (χ2n) is 9.22. The van der Waals surface area contributed by atoms with Crippen LogP contribution in [0.3, 0.4) is 0 Å². The van der Waals surface area contributed by atoms with E-state index >= 15 is 0 Å². The number of nitrogens with one attached hydrogen (secondary N) is 1. The van der Waals surface area contributed by atoms with E-state index in [0.29, 0.717) is 31.1 Å². The van der Waals surface area contributed by atoms with Crippen LogP contribution in [0.5, 0.6) is 0 Å². The van der Waals surface area contributed by atoms with Crippen LogP contribution in [0.1, 0.15) is 62.7 Å². The van der Waals surface area contributed by atoms with Crippen molar-refractivity contribution in [3.8, 4) is 0 Å². The van der Waals surface area contributed by atoms with Gasteiger partial charge in [-0.3, -0.25) is 9.48 Å². The third-order valence-electron chi connectivity index (χ3n) is 6.52. The number of likely N-dealkylation sites (tertiary alicyclic amines) is 1. The molecular formula is C21H36N4O4S. The Labute approximate surface area is 180 Å². The van der Waals surface area contributed by atoms with Crippen LogP contribution in [-0.2, 0) is 21.8 Å². The Balaban J connectivity index is 1.70. The number of nitrogens with zero attached hydrogens (tertiary/aromatic N) is 3. The SMILES string of the molecule is CC(C)C1CCC(OC[C@H]2[C@@H](NS(C)(=O)=O)CCCN2C(=O)c2cnn(C)c2)CC1. The van der Waals surface area contributed by atoms with Crippen LogP contribution in [0.4, 0.5) is 0 Å². The number of amides is 1. The number of rotatable bonds is 7. The van der Waals surface area contributed by atoms with E-state index in [0.717, 1.165) is 38.0 Å². The number of aryl methyl sites for hydroxylation is 1. The molecule has 2 aliphatic rings. The average Bonchev–Trinajstić information content (AvgIpc) is 3.11. The first-order valence-corrected chi connectivity index (χ1v) is 12.9. The third kappa shape index (κ3) is 6.04. The molecular weight excluding hydrogens is 404 g/mol. The molecule has 1 aliphatic carbocycles. The highest BCUT2D eigenvalue weighted by Crippen LogP contribution is 2.32. The first-order valence-electron chi connectivity index (χ1n) is 11.0. The van der Waals surface area contributed by atoms with Crippen molar-refractivity contribution in [2.45, 2.75) is 70.6 Å². The normalized spacial score (nSPS) is 28.1. The van der Waals surface area contributed by atoms with Crippen LogP contribution in [0.25, 0.3) is 0 Å². The molecule has 0 radical (unpaired) electrons. The Hall–Kier alpha value is -1.45. The summed E-state index contributed by atoms with van der Waals surface area (Å²) in [4.78, 5) is 14.9. The van der Waals surface area contributed by atoms with E-state index in [2.05, 4.69) is 23.7 Å². The molecule has 30 heavy (non-hydrogen) atoms. The van der Waals surface area contributed by atoms with Crippen molar-refractivity contribution in [1.82, 2.24) is 19.4 Å². The highest BCUT2D eigenvalue weighted by atomic mass is 32.2. The van der Waals surface area contributed by atoms with Gasteiger partial charge < -0.3 is 9.64 Å². The average molecular weight is 441 g/mol. The fraction of sp³-hybridized carbons (Fsp3) is 0.810. The lowest BCUT2D eigenvalue weighted by atomic mass is 9.80. The van der Waals surface area contributed by atoms with E-state index in [1.54, 1.807) is 29.0 Å². The Kier molecular flexibility index (Phi) is 7.57. The maximum absolute atomic E-state index is 13.1. The second kappa shape index (κ2) is 9.78. The molecule has 2 fully saturated rings. The molecule has 8 nitrogen and oxygen atoms in total. The van der Waals surface area contributed by atoms with Crippen molar-refractivity contribution in [1.29, 1.82) is 0 Å². The molecule has 2 heterocycles. The molecule has 0 aromatic carbocycles. The standard InChI is InChI=1S/C21H36N4O4S/c1-15(2)16-7-9-18(10-8-16)29-14-20-19(23-30(4,27)28)6-5-11-25(20)21(26)17-12-22-24(3)13-17/h12-13,15-16,18-20,23H,5-11,14H2,1-4H3/t16?,18?,19-,20-/m0/s1. The number of carbonyl (C=O) groups is 1. The van der Waals surface area contributed by atoms with Gasteiger partial charge in [-0.15, -0.1) is 0 Å². The van der Waals surface area contributed by atoms with E-state index in [1.165, 1.54) is 6.26 Å². The predicted molar refractivity (Wildman–Crippen MR) is 116 cm³/mol. The van der Waals surface area contributed by atoms with E-state index in [4.69, 9.17) is 4.74 Å². The molecule has 1 saturated heterocycles. The summed E-state index contributed by atoms with van der Waals surface area (Å²) in [6, 6.07) is -0.676. The Morgan fingerprint density at radius 2 is 1.97 bits per heavy atom. The van der Waals surface area contributed by atoms with Gasteiger partial charge in [0.25, 0.3) is 5.91 Å². The summed E-state index contributed by atoms with van der Waals surface area (Å²) in [5.74, 6) is 1.32. The summed E-state index contributed by atoms with van der Waals surface area (Å²) >= 11 is 0. The number of hydrogen-bond acceptors (Lipinski definition) is 5. The molecule has 2 atom stereocenters. The molecule has 0 bridgehead atoms. The van der Waals surface area contributed by atoms with Crippen molar-refractivity contribution >= 4 is 15.9 Å². The lowest BCUT2D eigenvalue weighted by molar-refractivity contribution is -0.0282. The molecule has 1 aromatic rings. The minimum absolute atomic E-state index is 0.125. The Morgan fingerprint density at radius 3 is 2.53 bits per heavy atom. The molecule has 170 valence electrons. The summed E-state index contributed by atoms with van der Waals surface area (Å²) < 4.78 is 34.5. The fourth-order valence-electron chi connectivity index (χ4n) is 4.78. The molecule has 1 aliphatic heterocycles. The van der Waals surface area contributed by atoms with Gasteiger partial charge in [-0.1, -0.05) is 13.8 Å². The van der Waals surface area contributed by atoms with Gasteiger partial charge in [-0.05, 0) is 50.4 Å². The van der Waals surface area contributed by atoms with Gasteiger partial charge in [0.1, 0.15) is 0 Å². The van der Waals surface area contributed by atoms with Crippen LogP contribution in [0.15, 0.2) is 12.4 Å². The van der Waals surface area contributed by atoms with Gasteiger partial charge in [0.2, 0.25) is 10.0 Å². The number of ether oxygens (including phenoxy) is 1. The van der Waals surface area contributed by atoms with Crippen LogP contribution >= 0.6 is 0 Å². The van der Waals surface area contributed by atoms with Crippen LogP contribution < -0.4 is 4.72 Å². The molecule has 0 unspecified atom stereocenters. The molecule has 9 heteroatoms. The molecule has 1 aromatic heterocycles. The second-order valence-corrected chi connectivity index (χ2v) is 11.0. The summed E-state index contributed by atoms with van der Waals surface area (Å²) in [5, 5.41) is 4.10. The lowest BCUT2D eigenvalue weighted by Gasteiger charge is -2.42. The maximum atomic E-state index is 13.1. The van der Waals surface area contributed by atoms with Crippen molar-refractivity contribution < 1.29 is 17.9 Å². The van der Waals surface area contributed by atoms with Crippen LogP contribution in [0.2, 0.25) is 0 Å². The first kappa shape index (κ1) is 23.2. The molecule has 3 rings (SSSR count). The summed E-state index contributed by atoms with van der Waals surface area (Å²) in [5.41, 5.74) is 0.514. The van der Waals surface area contributed by atoms with Gasteiger partial charge in [0.05, 0.1) is 36.8 Å². The fourth-order valence-corrected chi connectivity index (χ4v) is 5.61. The predicted octanol–water partition coefficient (Wildman–Crippen LogP) is 2.17. The van der Waals surface area contributed by atoms with E-state index in [9.17, 15) is 13.2 Å². The monoisotopic (exact) mass is 440 g/mol. The number of carbonyl (C=O) groups excluding carboxylic acids is 1.